The number of hydrogen-bond donors (Lipinski definition) is 2. The van der Waals surface area contributed by atoms with E-state index in [0.29, 0.717) is 41.1 Å². The zero-order valence-electron chi connectivity index (χ0n) is 15.2. The number of nitrogens with zero attached hydrogens (tertiary/aromatic N) is 1. The molecule has 0 fully saturated rings. The molecule has 7 heteroatoms. The average molecular weight is 396 g/mol. The fourth-order valence-corrected chi connectivity index (χ4v) is 2.98. The Kier molecular flexibility index (Phi) is 5.04. The first kappa shape index (κ1) is 18.1. The molecule has 142 valence electrons. The average Bonchev–Trinajstić information content (AvgIpc) is 2.72. The number of aromatic nitrogens is 1. The summed E-state index contributed by atoms with van der Waals surface area (Å²) in [6, 6.07) is 14.4. The highest BCUT2D eigenvalue weighted by atomic mass is 35.5. The zero-order valence-corrected chi connectivity index (χ0v) is 15.9. The lowest BCUT2D eigenvalue weighted by Gasteiger charge is -2.19. The number of fused-ring (bicyclic) bond motifs is 1. The molecule has 1 aromatic heterocycles. The van der Waals surface area contributed by atoms with Crippen LogP contribution in [0.2, 0.25) is 5.02 Å². The molecule has 0 atom stereocenters. The third-order valence-corrected chi connectivity index (χ3v) is 4.77. The van der Waals surface area contributed by atoms with E-state index in [4.69, 9.17) is 21.1 Å². The number of benzene rings is 2. The molecule has 4 rings (SSSR count). The van der Waals surface area contributed by atoms with E-state index in [-0.39, 0.29) is 5.91 Å². The number of pyridine rings is 1. The van der Waals surface area contributed by atoms with Crippen LogP contribution >= 0.6 is 11.6 Å². The summed E-state index contributed by atoms with van der Waals surface area (Å²) in [5, 5.41) is 6.65. The van der Waals surface area contributed by atoms with Crippen molar-refractivity contribution in [1.29, 1.82) is 0 Å². The summed E-state index contributed by atoms with van der Waals surface area (Å²) in [4.78, 5) is 16.8. The second-order valence-electron chi connectivity index (χ2n) is 6.28. The molecule has 3 aromatic rings. The van der Waals surface area contributed by atoms with Crippen LogP contribution in [0.5, 0.6) is 11.5 Å². The van der Waals surface area contributed by atoms with E-state index in [1.165, 1.54) is 6.20 Å². The van der Waals surface area contributed by atoms with Crippen LogP contribution in [0.1, 0.15) is 15.9 Å². The van der Waals surface area contributed by atoms with E-state index in [9.17, 15) is 4.79 Å². The predicted molar refractivity (Wildman–Crippen MR) is 109 cm³/mol. The van der Waals surface area contributed by atoms with Crippen molar-refractivity contribution in [2.45, 2.75) is 6.92 Å². The Labute approximate surface area is 167 Å². The lowest BCUT2D eigenvalue weighted by molar-refractivity contribution is 0.102. The molecule has 0 aliphatic carbocycles. The van der Waals surface area contributed by atoms with Crippen molar-refractivity contribution in [1.82, 2.24) is 4.98 Å². The van der Waals surface area contributed by atoms with Gasteiger partial charge in [-0.1, -0.05) is 17.7 Å². The summed E-state index contributed by atoms with van der Waals surface area (Å²) in [6.45, 7) is 2.95. The molecule has 0 bridgehead atoms. The molecular formula is C21H18ClN3O3. The number of carbonyl (C=O) groups is 1. The Bertz CT molecular complexity index is 1020. The van der Waals surface area contributed by atoms with Crippen molar-refractivity contribution in [3.63, 3.8) is 0 Å². The van der Waals surface area contributed by atoms with Gasteiger partial charge in [0.2, 0.25) is 0 Å². The minimum atomic E-state index is -0.247. The highest BCUT2D eigenvalue weighted by Crippen LogP contribution is 2.33. The van der Waals surface area contributed by atoms with E-state index >= 15 is 0 Å². The Morgan fingerprint density at radius 2 is 1.89 bits per heavy atom. The van der Waals surface area contributed by atoms with Crippen LogP contribution in [0.3, 0.4) is 0 Å². The van der Waals surface area contributed by atoms with Gasteiger partial charge >= 0.3 is 0 Å². The van der Waals surface area contributed by atoms with Gasteiger partial charge < -0.3 is 20.1 Å². The Morgan fingerprint density at radius 3 is 2.68 bits per heavy atom. The smallest absolute Gasteiger partial charge is 0.257 e. The summed E-state index contributed by atoms with van der Waals surface area (Å²) in [7, 11) is 0. The molecule has 28 heavy (non-hydrogen) atoms. The number of ether oxygens (including phenoxy) is 2. The molecule has 2 aromatic carbocycles. The van der Waals surface area contributed by atoms with Crippen molar-refractivity contribution in [3.8, 4) is 11.5 Å². The standard InChI is InChI=1S/C21H18ClN3O3/c1-13-16(22)3-2-4-17(13)25-21(26)14-5-8-20(23-12-14)24-15-6-7-18-19(11-15)28-10-9-27-18/h2-8,11-12H,9-10H2,1H3,(H,23,24)(H,25,26). The molecule has 2 heterocycles. The maximum Gasteiger partial charge on any atom is 0.257 e. The SMILES string of the molecule is Cc1c(Cl)cccc1NC(=O)c1ccc(Nc2ccc3c(c2)OCCO3)nc1. The second kappa shape index (κ2) is 7.78. The lowest BCUT2D eigenvalue weighted by atomic mass is 10.2. The van der Waals surface area contributed by atoms with Crippen molar-refractivity contribution in [2.75, 3.05) is 23.8 Å². The molecular weight excluding hydrogens is 378 g/mol. The monoisotopic (exact) mass is 395 g/mol. The molecule has 1 amide bonds. The number of anilines is 3. The van der Waals surface area contributed by atoms with Crippen molar-refractivity contribution >= 4 is 34.7 Å². The quantitative estimate of drug-likeness (QED) is 0.663. The van der Waals surface area contributed by atoms with Gasteiger partial charge in [-0.2, -0.15) is 0 Å². The molecule has 0 saturated carbocycles. The number of amides is 1. The summed E-state index contributed by atoms with van der Waals surface area (Å²) in [5.74, 6) is 1.80. The summed E-state index contributed by atoms with van der Waals surface area (Å²) in [5.41, 5.74) is 2.77. The molecule has 0 spiro atoms. The molecule has 6 nitrogen and oxygen atoms in total. The van der Waals surface area contributed by atoms with Crippen molar-refractivity contribution in [2.24, 2.45) is 0 Å². The van der Waals surface area contributed by atoms with Gasteiger partial charge in [0.1, 0.15) is 19.0 Å². The van der Waals surface area contributed by atoms with Crippen molar-refractivity contribution in [3.05, 3.63) is 70.9 Å². The van der Waals surface area contributed by atoms with E-state index in [2.05, 4.69) is 15.6 Å². The van der Waals surface area contributed by atoms with E-state index in [0.717, 1.165) is 17.0 Å². The second-order valence-corrected chi connectivity index (χ2v) is 6.69. The van der Waals surface area contributed by atoms with E-state index in [1.807, 2.05) is 31.2 Å². The largest absolute Gasteiger partial charge is 0.486 e. The molecule has 0 radical (unpaired) electrons. The highest BCUT2D eigenvalue weighted by Gasteiger charge is 2.13. The van der Waals surface area contributed by atoms with Gasteiger partial charge in [-0.05, 0) is 48.9 Å². The normalized spacial score (nSPS) is 12.4. The van der Waals surface area contributed by atoms with Crippen LogP contribution < -0.4 is 20.1 Å². The van der Waals surface area contributed by atoms with Crippen LogP contribution in [-0.4, -0.2) is 24.1 Å². The Morgan fingerprint density at radius 1 is 1.07 bits per heavy atom. The topological polar surface area (TPSA) is 72.5 Å². The summed E-state index contributed by atoms with van der Waals surface area (Å²) in [6.07, 6.45) is 1.52. The predicted octanol–water partition coefficient (Wildman–Crippen LogP) is 4.81. The number of hydrogen-bond acceptors (Lipinski definition) is 5. The van der Waals surface area contributed by atoms with Crippen LogP contribution in [-0.2, 0) is 0 Å². The fourth-order valence-electron chi connectivity index (χ4n) is 2.81. The van der Waals surface area contributed by atoms with Gasteiger partial charge in [-0.25, -0.2) is 4.98 Å². The minimum Gasteiger partial charge on any atom is -0.486 e. The first-order chi connectivity index (χ1) is 13.6. The van der Waals surface area contributed by atoms with Gasteiger partial charge in [0.25, 0.3) is 5.91 Å². The molecule has 0 saturated heterocycles. The van der Waals surface area contributed by atoms with Gasteiger partial charge in [-0.3, -0.25) is 4.79 Å². The number of rotatable bonds is 4. The van der Waals surface area contributed by atoms with Gasteiger partial charge in [0.05, 0.1) is 5.56 Å². The molecule has 0 unspecified atom stereocenters. The van der Waals surface area contributed by atoms with Crippen LogP contribution in [0, 0.1) is 6.92 Å². The number of carbonyl (C=O) groups excluding carboxylic acids is 1. The molecule has 1 aliphatic rings. The first-order valence-corrected chi connectivity index (χ1v) is 9.17. The van der Waals surface area contributed by atoms with Crippen molar-refractivity contribution < 1.29 is 14.3 Å². The maximum absolute atomic E-state index is 12.5. The van der Waals surface area contributed by atoms with Crippen LogP contribution in [0.25, 0.3) is 0 Å². The van der Waals surface area contributed by atoms with Gasteiger partial charge in [0, 0.05) is 28.7 Å². The minimum absolute atomic E-state index is 0.247. The highest BCUT2D eigenvalue weighted by molar-refractivity contribution is 6.31. The fraction of sp³-hybridized carbons (Fsp3) is 0.143. The van der Waals surface area contributed by atoms with E-state index < -0.39 is 0 Å². The Hall–Kier alpha value is -3.25. The zero-order chi connectivity index (χ0) is 19.5. The van der Waals surface area contributed by atoms with Crippen LogP contribution in [0.4, 0.5) is 17.2 Å². The maximum atomic E-state index is 12.5. The van der Waals surface area contributed by atoms with E-state index in [1.54, 1.807) is 24.3 Å². The third-order valence-electron chi connectivity index (χ3n) is 4.36. The lowest BCUT2D eigenvalue weighted by Crippen LogP contribution is -2.15. The third kappa shape index (κ3) is 3.87. The molecule has 2 N–H and O–H groups in total. The van der Waals surface area contributed by atoms with Gasteiger partial charge in [-0.15, -0.1) is 0 Å². The summed E-state index contributed by atoms with van der Waals surface area (Å²) >= 11 is 6.10. The molecule has 1 aliphatic heterocycles. The summed E-state index contributed by atoms with van der Waals surface area (Å²) < 4.78 is 11.1. The Balaban J connectivity index is 1.45. The number of nitrogens with one attached hydrogen (secondary N) is 2. The van der Waals surface area contributed by atoms with Gasteiger partial charge in [0.15, 0.2) is 11.5 Å². The number of halogens is 1. The first-order valence-electron chi connectivity index (χ1n) is 8.79. The van der Waals surface area contributed by atoms with Crippen LogP contribution in [0.15, 0.2) is 54.7 Å².